The minimum Gasteiger partial charge on any atom is -0.354 e. The van der Waals surface area contributed by atoms with Gasteiger partial charge < -0.3 is 10.2 Å². The van der Waals surface area contributed by atoms with Crippen LogP contribution in [0.5, 0.6) is 0 Å². The van der Waals surface area contributed by atoms with Crippen LogP contribution in [-0.2, 0) is 6.54 Å². The van der Waals surface area contributed by atoms with Crippen molar-refractivity contribution in [3.63, 3.8) is 0 Å². The fraction of sp³-hybridized carbons (Fsp3) is 0.688. The second-order valence-corrected chi connectivity index (χ2v) is 6.10. The zero-order valence-corrected chi connectivity index (χ0v) is 12.2. The molecule has 1 aromatic rings. The summed E-state index contributed by atoms with van der Waals surface area (Å²) in [5.41, 5.74) is 0.744. The molecular weight excluding hydrogens is 253 g/mol. The van der Waals surface area contributed by atoms with E-state index >= 15 is 0 Å². The number of hydrogen-bond donors (Lipinski definition) is 1. The Hall–Kier alpha value is -1.16. The molecule has 1 N–H and O–H groups in total. The van der Waals surface area contributed by atoms with E-state index < -0.39 is 0 Å². The molecule has 2 aliphatic carbocycles. The van der Waals surface area contributed by atoms with E-state index in [2.05, 4.69) is 22.1 Å². The predicted octanol–water partition coefficient (Wildman–Crippen LogP) is 3.10. The lowest BCUT2D eigenvalue weighted by Gasteiger charge is -2.32. The van der Waals surface area contributed by atoms with Gasteiger partial charge in [0.15, 0.2) is 11.6 Å². The second kappa shape index (κ2) is 6.08. The molecule has 2 aliphatic rings. The second-order valence-electron chi connectivity index (χ2n) is 6.10. The third-order valence-corrected chi connectivity index (χ3v) is 4.49. The first kappa shape index (κ1) is 13.8. The van der Waals surface area contributed by atoms with Crippen molar-refractivity contribution in [2.45, 2.75) is 51.6 Å². The van der Waals surface area contributed by atoms with Crippen molar-refractivity contribution in [1.29, 1.82) is 0 Å². The summed E-state index contributed by atoms with van der Waals surface area (Å²) in [6.07, 6.45) is 8.07. The SMILES string of the molecule is CCN(CC1CCC1)c1nccc(CNC2CC2)c1F. The molecule has 110 valence electrons. The van der Waals surface area contributed by atoms with Crippen molar-refractivity contribution >= 4 is 5.82 Å². The molecule has 4 heteroatoms. The highest BCUT2D eigenvalue weighted by Crippen LogP contribution is 2.29. The number of rotatable bonds is 7. The highest BCUT2D eigenvalue weighted by atomic mass is 19.1. The van der Waals surface area contributed by atoms with Crippen molar-refractivity contribution in [3.05, 3.63) is 23.6 Å². The van der Waals surface area contributed by atoms with Crippen molar-refractivity contribution in [2.75, 3.05) is 18.0 Å². The van der Waals surface area contributed by atoms with Gasteiger partial charge in [-0.1, -0.05) is 6.42 Å². The van der Waals surface area contributed by atoms with E-state index in [4.69, 9.17) is 0 Å². The van der Waals surface area contributed by atoms with Crippen LogP contribution in [0.3, 0.4) is 0 Å². The molecule has 0 atom stereocenters. The average molecular weight is 277 g/mol. The highest BCUT2D eigenvalue weighted by molar-refractivity contribution is 5.43. The number of aromatic nitrogens is 1. The van der Waals surface area contributed by atoms with Crippen molar-refractivity contribution in [1.82, 2.24) is 10.3 Å². The van der Waals surface area contributed by atoms with E-state index in [-0.39, 0.29) is 5.82 Å². The van der Waals surface area contributed by atoms with Gasteiger partial charge in [-0.2, -0.15) is 0 Å². The maximum absolute atomic E-state index is 14.6. The Labute approximate surface area is 120 Å². The maximum Gasteiger partial charge on any atom is 0.170 e. The molecule has 0 unspecified atom stereocenters. The number of nitrogens with one attached hydrogen (secondary N) is 1. The molecule has 1 heterocycles. The Bertz CT molecular complexity index is 455. The predicted molar refractivity (Wildman–Crippen MR) is 79.3 cm³/mol. The Morgan fingerprint density at radius 2 is 2.15 bits per heavy atom. The first-order chi connectivity index (χ1) is 9.78. The molecule has 0 bridgehead atoms. The van der Waals surface area contributed by atoms with Crippen LogP contribution in [0.2, 0.25) is 0 Å². The van der Waals surface area contributed by atoms with Gasteiger partial charge in [-0.25, -0.2) is 9.37 Å². The third kappa shape index (κ3) is 3.11. The summed E-state index contributed by atoms with van der Waals surface area (Å²) >= 11 is 0. The summed E-state index contributed by atoms with van der Waals surface area (Å²) in [6.45, 7) is 4.46. The molecule has 0 saturated heterocycles. The summed E-state index contributed by atoms with van der Waals surface area (Å²) in [6, 6.07) is 2.40. The molecule has 3 rings (SSSR count). The third-order valence-electron chi connectivity index (χ3n) is 4.49. The van der Waals surface area contributed by atoms with Crippen molar-refractivity contribution in [2.24, 2.45) is 5.92 Å². The van der Waals surface area contributed by atoms with E-state index in [1.165, 1.54) is 32.1 Å². The van der Waals surface area contributed by atoms with Crippen molar-refractivity contribution in [3.8, 4) is 0 Å². The minimum absolute atomic E-state index is 0.137. The summed E-state index contributed by atoms with van der Waals surface area (Å²) < 4.78 is 14.6. The number of pyridine rings is 1. The van der Waals surface area contributed by atoms with Crippen LogP contribution < -0.4 is 10.2 Å². The average Bonchev–Trinajstić information content (AvgIpc) is 3.22. The minimum atomic E-state index is -0.137. The Morgan fingerprint density at radius 1 is 1.35 bits per heavy atom. The van der Waals surface area contributed by atoms with Crippen LogP contribution in [-0.4, -0.2) is 24.1 Å². The van der Waals surface area contributed by atoms with E-state index in [0.717, 1.165) is 24.6 Å². The number of nitrogens with zero attached hydrogens (tertiary/aromatic N) is 2. The molecule has 0 aliphatic heterocycles. The van der Waals surface area contributed by atoms with E-state index in [1.54, 1.807) is 12.3 Å². The van der Waals surface area contributed by atoms with Crippen LogP contribution in [0.4, 0.5) is 10.2 Å². The van der Waals surface area contributed by atoms with Crippen LogP contribution in [0, 0.1) is 11.7 Å². The molecule has 0 aromatic carbocycles. The molecule has 0 radical (unpaired) electrons. The monoisotopic (exact) mass is 277 g/mol. The molecule has 0 amide bonds. The topological polar surface area (TPSA) is 28.2 Å². The Balaban J connectivity index is 1.70. The molecule has 2 saturated carbocycles. The maximum atomic E-state index is 14.6. The van der Waals surface area contributed by atoms with E-state index in [9.17, 15) is 4.39 Å². The van der Waals surface area contributed by atoms with Gasteiger partial charge in [0.25, 0.3) is 0 Å². The first-order valence-corrected chi connectivity index (χ1v) is 7.89. The zero-order valence-electron chi connectivity index (χ0n) is 12.2. The van der Waals surface area contributed by atoms with Gasteiger partial charge in [-0.05, 0) is 44.6 Å². The van der Waals surface area contributed by atoms with Gasteiger partial charge in [0, 0.05) is 37.4 Å². The lowest BCUT2D eigenvalue weighted by molar-refractivity contribution is 0.317. The number of anilines is 1. The summed E-state index contributed by atoms with van der Waals surface area (Å²) in [4.78, 5) is 6.38. The lowest BCUT2D eigenvalue weighted by atomic mass is 9.85. The largest absolute Gasteiger partial charge is 0.354 e. The fourth-order valence-corrected chi connectivity index (χ4v) is 2.72. The van der Waals surface area contributed by atoms with Gasteiger partial charge in [-0.15, -0.1) is 0 Å². The lowest BCUT2D eigenvalue weighted by Crippen LogP contribution is -2.34. The summed E-state index contributed by atoms with van der Waals surface area (Å²) in [5, 5.41) is 3.37. The number of halogens is 1. The first-order valence-electron chi connectivity index (χ1n) is 7.89. The standard InChI is InChI=1S/C16H24FN3/c1-2-20(11-12-4-3-5-12)16-15(17)13(8-9-18-16)10-19-14-6-7-14/h8-9,12,14,19H,2-7,10-11H2,1H3. The van der Waals surface area contributed by atoms with E-state index in [1.807, 2.05) is 0 Å². The molecule has 3 nitrogen and oxygen atoms in total. The van der Waals surface area contributed by atoms with Crippen LogP contribution in [0.15, 0.2) is 12.3 Å². The molecule has 0 spiro atoms. The van der Waals surface area contributed by atoms with Crippen LogP contribution in [0.1, 0.15) is 44.6 Å². The Kier molecular flexibility index (Phi) is 4.20. The number of hydrogen-bond acceptors (Lipinski definition) is 3. The molecular formula is C16H24FN3. The van der Waals surface area contributed by atoms with Gasteiger partial charge >= 0.3 is 0 Å². The van der Waals surface area contributed by atoms with Crippen LogP contribution >= 0.6 is 0 Å². The zero-order chi connectivity index (χ0) is 13.9. The van der Waals surface area contributed by atoms with Crippen molar-refractivity contribution < 1.29 is 4.39 Å². The quantitative estimate of drug-likeness (QED) is 0.830. The highest BCUT2D eigenvalue weighted by Gasteiger charge is 2.24. The Morgan fingerprint density at radius 3 is 2.75 bits per heavy atom. The van der Waals surface area contributed by atoms with E-state index in [0.29, 0.717) is 18.4 Å². The summed E-state index contributed by atoms with van der Waals surface area (Å²) in [5.74, 6) is 1.13. The van der Waals surface area contributed by atoms with Gasteiger partial charge in [-0.3, -0.25) is 0 Å². The van der Waals surface area contributed by atoms with Crippen LogP contribution in [0.25, 0.3) is 0 Å². The molecule has 2 fully saturated rings. The normalized spacial score (nSPS) is 18.9. The van der Waals surface area contributed by atoms with Gasteiger partial charge in [0.1, 0.15) is 0 Å². The smallest absolute Gasteiger partial charge is 0.170 e. The summed E-state index contributed by atoms with van der Waals surface area (Å²) in [7, 11) is 0. The molecule has 1 aromatic heterocycles. The fourth-order valence-electron chi connectivity index (χ4n) is 2.72. The van der Waals surface area contributed by atoms with Gasteiger partial charge in [0.05, 0.1) is 0 Å². The van der Waals surface area contributed by atoms with Gasteiger partial charge in [0.2, 0.25) is 0 Å². The molecule has 20 heavy (non-hydrogen) atoms.